The van der Waals surface area contributed by atoms with Crippen LogP contribution in [0.2, 0.25) is 5.02 Å². The maximum atomic E-state index is 13.0. The van der Waals surface area contributed by atoms with E-state index in [9.17, 15) is 13.2 Å². The maximum Gasteiger partial charge on any atom is 0.262 e. The molecule has 6 nitrogen and oxygen atoms in total. The summed E-state index contributed by atoms with van der Waals surface area (Å²) >= 11 is 6.06. The summed E-state index contributed by atoms with van der Waals surface area (Å²) in [7, 11) is -2.37. The molecule has 3 rings (SSSR count). The van der Waals surface area contributed by atoms with Crippen LogP contribution < -0.4 is 9.62 Å². The van der Waals surface area contributed by atoms with Gasteiger partial charge in [-0.1, -0.05) is 42.5 Å². The van der Waals surface area contributed by atoms with E-state index in [0.717, 1.165) is 11.1 Å². The zero-order chi connectivity index (χ0) is 20.7. The van der Waals surface area contributed by atoms with Gasteiger partial charge >= 0.3 is 0 Å². The number of carbonyl (C=O) groups excluding carboxylic acids is 1. The largest absolute Gasteiger partial charge is 0.496 e. The van der Waals surface area contributed by atoms with Gasteiger partial charge in [-0.15, -0.1) is 0 Å². The fourth-order valence-corrected chi connectivity index (χ4v) is 4.75. The van der Waals surface area contributed by atoms with Crippen molar-refractivity contribution in [1.82, 2.24) is 4.89 Å². The van der Waals surface area contributed by atoms with Crippen molar-refractivity contribution in [3.8, 4) is 5.75 Å². The van der Waals surface area contributed by atoms with Crippen molar-refractivity contribution in [2.24, 2.45) is 11.3 Å². The summed E-state index contributed by atoms with van der Waals surface area (Å²) in [6, 6.07) is 11.4. The molecular weight excluding hydrogens is 402 g/mol. The number of ketones is 1. The molecule has 1 saturated carbocycles. The second kappa shape index (κ2) is 7.48. The van der Waals surface area contributed by atoms with Crippen molar-refractivity contribution in [2.75, 3.05) is 7.11 Å². The number of Topliss-reactive ketones (excluding diaryl/α,β-unsaturated/α-hetero) is 1. The Hall–Kier alpha value is -1.93. The third-order valence-electron chi connectivity index (χ3n) is 5.45. The molecule has 2 N–H and O–H groups in total. The summed E-state index contributed by atoms with van der Waals surface area (Å²) in [5.41, 5.74) is 1.40. The van der Waals surface area contributed by atoms with Crippen LogP contribution in [-0.2, 0) is 21.2 Å². The Labute approximate surface area is 169 Å². The van der Waals surface area contributed by atoms with Crippen molar-refractivity contribution in [3.05, 3.63) is 58.6 Å². The van der Waals surface area contributed by atoms with Gasteiger partial charge in [-0.25, -0.2) is 8.42 Å². The zero-order valence-electron chi connectivity index (χ0n) is 15.8. The van der Waals surface area contributed by atoms with E-state index in [1.807, 2.05) is 13.8 Å². The predicted molar refractivity (Wildman–Crippen MR) is 105 cm³/mol. The molecule has 0 spiro atoms. The SMILES string of the molecule is COc1ccc(Cl)cc1CC(=O)[C@@H]1[C@@H](c2ccc(S(=O)(=O)NO)cc2)C1(C)C. The van der Waals surface area contributed by atoms with E-state index in [4.69, 9.17) is 21.5 Å². The number of halogens is 1. The summed E-state index contributed by atoms with van der Waals surface area (Å²) in [6.45, 7) is 4.05. The van der Waals surface area contributed by atoms with E-state index in [1.54, 1.807) is 37.4 Å². The number of benzene rings is 2. The lowest BCUT2D eigenvalue weighted by Crippen LogP contribution is -2.19. The smallest absolute Gasteiger partial charge is 0.262 e. The first-order valence-electron chi connectivity index (χ1n) is 8.73. The van der Waals surface area contributed by atoms with Gasteiger partial charge in [0, 0.05) is 22.9 Å². The third-order valence-corrected chi connectivity index (χ3v) is 6.82. The normalized spacial score (nSPS) is 20.6. The van der Waals surface area contributed by atoms with Crippen molar-refractivity contribution < 1.29 is 23.2 Å². The Bertz CT molecular complexity index is 1000. The van der Waals surface area contributed by atoms with Gasteiger partial charge in [0.2, 0.25) is 0 Å². The molecule has 0 saturated heterocycles. The van der Waals surface area contributed by atoms with Gasteiger partial charge in [-0.3, -0.25) is 4.79 Å². The molecule has 0 amide bonds. The van der Waals surface area contributed by atoms with E-state index >= 15 is 0 Å². The number of rotatable bonds is 7. The van der Waals surface area contributed by atoms with Gasteiger partial charge < -0.3 is 9.94 Å². The molecule has 0 unspecified atom stereocenters. The van der Waals surface area contributed by atoms with E-state index < -0.39 is 10.0 Å². The Balaban J connectivity index is 1.81. The van der Waals surface area contributed by atoms with Crippen LogP contribution in [-0.4, -0.2) is 26.5 Å². The minimum atomic E-state index is -3.92. The topological polar surface area (TPSA) is 92.7 Å². The maximum absolute atomic E-state index is 13.0. The number of ether oxygens (including phenoxy) is 1. The van der Waals surface area contributed by atoms with Crippen LogP contribution in [0.4, 0.5) is 0 Å². The number of methoxy groups -OCH3 is 1. The van der Waals surface area contributed by atoms with E-state index in [1.165, 1.54) is 17.0 Å². The monoisotopic (exact) mass is 423 g/mol. The molecule has 0 radical (unpaired) electrons. The van der Waals surface area contributed by atoms with Crippen molar-refractivity contribution in [3.63, 3.8) is 0 Å². The highest BCUT2D eigenvalue weighted by atomic mass is 35.5. The molecule has 2 aromatic carbocycles. The van der Waals surface area contributed by atoms with Gasteiger partial charge in [0.25, 0.3) is 10.0 Å². The average Bonchev–Trinajstić information content (AvgIpc) is 3.24. The number of hydrogen-bond donors (Lipinski definition) is 2. The first-order chi connectivity index (χ1) is 13.1. The number of hydrogen-bond acceptors (Lipinski definition) is 5. The van der Waals surface area contributed by atoms with Crippen LogP contribution in [0.25, 0.3) is 0 Å². The average molecular weight is 424 g/mol. The lowest BCUT2D eigenvalue weighted by Gasteiger charge is -2.09. The Morgan fingerprint density at radius 1 is 1.21 bits per heavy atom. The molecular formula is C20H22ClNO5S. The van der Waals surface area contributed by atoms with E-state index in [-0.39, 0.29) is 34.4 Å². The van der Waals surface area contributed by atoms with Crippen LogP contribution in [0.3, 0.4) is 0 Å². The van der Waals surface area contributed by atoms with Gasteiger partial charge in [-0.2, -0.15) is 0 Å². The highest BCUT2D eigenvalue weighted by Crippen LogP contribution is 2.65. The fourth-order valence-electron chi connectivity index (χ4n) is 3.95. The Morgan fingerprint density at radius 3 is 2.43 bits per heavy atom. The lowest BCUT2D eigenvalue weighted by molar-refractivity contribution is -0.120. The standard InChI is InChI=1S/C20H22ClNO5S/c1-20(2)18(12-4-7-15(8-5-12)28(25,26)22-24)19(20)16(23)11-13-10-14(21)6-9-17(13)27-3/h4-10,18-19,22,24H,11H2,1-3H3/t18-,19-/m1/s1. The second-order valence-electron chi connectivity index (χ2n) is 7.54. The predicted octanol–water partition coefficient (Wildman–Crippen LogP) is 3.57. The third kappa shape index (κ3) is 3.80. The molecule has 0 heterocycles. The summed E-state index contributed by atoms with van der Waals surface area (Å²) < 4.78 is 28.6. The Morgan fingerprint density at radius 2 is 1.86 bits per heavy atom. The molecule has 0 aromatic heterocycles. The Kier molecular flexibility index (Phi) is 5.55. The molecule has 1 aliphatic rings. The van der Waals surface area contributed by atoms with Crippen LogP contribution >= 0.6 is 11.6 Å². The van der Waals surface area contributed by atoms with E-state index in [2.05, 4.69) is 0 Å². The molecule has 2 atom stereocenters. The molecule has 0 aliphatic heterocycles. The summed E-state index contributed by atoms with van der Waals surface area (Å²) in [4.78, 5) is 14.3. The number of carbonyl (C=O) groups is 1. The van der Waals surface area contributed by atoms with Crippen molar-refractivity contribution >= 4 is 27.4 Å². The van der Waals surface area contributed by atoms with E-state index in [0.29, 0.717) is 10.8 Å². The summed E-state index contributed by atoms with van der Waals surface area (Å²) in [5.74, 6) is 0.515. The number of sulfonamides is 1. The summed E-state index contributed by atoms with van der Waals surface area (Å²) in [6.07, 6.45) is 0.217. The van der Waals surface area contributed by atoms with Crippen molar-refractivity contribution in [1.29, 1.82) is 0 Å². The molecule has 8 heteroatoms. The van der Waals surface area contributed by atoms with Gasteiger partial charge in [0.05, 0.1) is 12.0 Å². The molecule has 1 fully saturated rings. The molecule has 0 bridgehead atoms. The second-order valence-corrected chi connectivity index (χ2v) is 9.64. The van der Waals surface area contributed by atoms with Gasteiger partial charge in [0.1, 0.15) is 11.5 Å². The minimum Gasteiger partial charge on any atom is -0.496 e. The minimum absolute atomic E-state index is 0.0102. The van der Waals surface area contributed by atoms with Gasteiger partial charge in [0.15, 0.2) is 0 Å². The zero-order valence-corrected chi connectivity index (χ0v) is 17.3. The van der Waals surface area contributed by atoms with Crippen LogP contribution in [0, 0.1) is 11.3 Å². The van der Waals surface area contributed by atoms with Crippen molar-refractivity contribution in [2.45, 2.75) is 31.1 Å². The quantitative estimate of drug-likeness (QED) is 0.664. The highest BCUT2D eigenvalue weighted by Gasteiger charge is 2.61. The van der Waals surface area contributed by atoms with Crippen LogP contribution in [0.1, 0.15) is 30.9 Å². The first kappa shape index (κ1) is 20.8. The lowest BCUT2D eigenvalue weighted by atomic mass is 10.0. The molecule has 1 aliphatic carbocycles. The molecule has 2 aromatic rings. The first-order valence-corrected chi connectivity index (χ1v) is 10.6. The van der Waals surface area contributed by atoms with Crippen LogP contribution in [0.5, 0.6) is 5.75 Å². The summed E-state index contributed by atoms with van der Waals surface area (Å²) in [5, 5.41) is 9.28. The van der Waals surface area contributed by atoms with Crippen LogP contribution in [0.15, 0.2) is 47.4 Å². The molecule has 28 heavy (non-hydrogen) atoms. The highest BCUT2D eigenvalue weighted by molar-refractivity contribution is 7.89. The molecule has 150 valence electrons. The number of nitrogens with one attached hydrogen (secondary N) is 1. The fraction of sp³-hybridized carbons (Fsp3) is 0.350. The van der Waals surface area contributed by atoms with Gasteiger partial charge in [-0.05, 0) is 47.2 Å².